The number of methoxy groups -OCH3 is 4. The van der Waals surface area contributed by atoms with E-state index >= 15 is 0 Å². The molecule has 2 aromatic carbocycles. The normalized spacial score (nSPS) is 12.4. The van der Waals surface area contributed by atoms with Crippen LogP contribution < -0.4 is 18.9 Å². The Kier molecular flexibility index (Phi) is 18.1. The molecule has 2 aromatic rings. The Bertz CT molecular complexity index is 1890. The van der Waals surface area contributed by atoms with Crippen LogP contribution in [0.5, 0.6) is 23.0 Å². The number of ether oxygens (including phenoxy) is 4. The van der Waals surface area contributed by atoms with Crippen molar-refractivity contribution in [2.24, 2.45) is 5.92 Å². The van der Waals surface area contributed by atoms with Gasteiger partial charge in [0.25, 0.3) is 10.1 Å². The van der Waals surface area contributed by atoms with Crippen molar-refractivity contribution in [2.75, 3.05) is 48.6 Å². The zero-order chi connectivity index (χ0) is 38.6. The van der Waals surface area contributed by atoms with Gasteiger partial charge in [-0.05, 0) is 115 Å². The van der Waals surface area contributed by atoms with E-state index in [0.717, 1.165) is 72.5 Å². The number of nitriles is 1. The molecule has 2 aliphatic carbocycles. The summed E-state index contributed by atoms with van der Waals surface area (Å²) in [4.78, 5) is 2.32. The maximum absolute atomic E-state index is 11.5. The summed E-state index contributed by atoms with van der Waals surface area (Å²) >= 11 is 0. The van der Waals surface area contributed by atoms with Gasteiger partial charge in [0.2, 0.25) is 0 Å². The van der Waals surface area contributed by atoms with Crippen LogP contribution in [0.15, 0.2) is 71.6 Å². The van der Waals surface area contributed by atoms with E-state index in [1.807, 2.05) is 61.5 Å². The van der Waals surface area contributed by atoms with Crippen molar-refractivity contribution in [1.82, 2.24) is 4.90 Å². The van der Waals surface area contributed by atoms with Gasteiger partial charge in [0.1, 0.15) is 4.90 Å². The number of fused-ring (bicyclic) bond motifs is 1. The molecule has 0 radical (unpaired) electrons. The second kappa shape index (κ2) is 21.0. The first kappa shape index (κ1) is 45.9. The molecule has 53 heavy (non-hydrogen) atoms. The minimum absolute atomic E-state index is 0. The van der Waals surface area contributed by atoms with Crippen molar-refractivity contribution in [3.63, 3.8) is 0 Å². The molecule has 9 nitrogen and oxygen atoms in total. The molecule has 0 aliphatic heterocycles. The Morgan fingerprint density at radius 2 is 1.42 bits per heavy atom. The monoisotopic (exact) mass is 756 g/mol. The molecule has 284 valence electrons. The molecule has 0 fully saturated rings. The first-order valence-corrected chi connectivity index (χ1v) is 19.2. The predicted molar refractivity (Wildman–Crippen MR) is 215 cm³/mol. The van der Waals surface area contributed by atoms with Crippen LogP contribution in [-0.2, 0) is 28.4 Å². The topological polar surface area (TPSA) is 118 Å². The third-order valence-corrected chi connectivity index (χ3v) is 10.7. The Labute approximate surface area is 340 Å². The van der Waals surface area contributed by atoms with Gasteiger partial charge >= 0.3 is 29.6 Å². The van der Waals surface area contributed by atoms with E-state index in [4.69, 9.17) is 18.9 Å². The third kappa shape index (κ3) is 11.6. The summed E-state index contributed by atoms with van der Waals surface area (Å²) < 4.78 is 54.0. The van der Waals surface area contributed by atoms with Crippen molar-refractivity contribution in [3.05, 3.63) is 89.0 Å². The van der Waals surface area contributed by atoms with Gasteiger partial charge in [0, 0.05) is 12.1 Å². The number of rotatable bonds is 16. The van der Waals surface area contributed by atoms with Crippen LogP contribution in [0.4, 0.5) is 0 Å². The maximum atomic E-state index is 11.5. The Morgan fingerprint density at radius 1 is 0.811 bits per heavy atom. The van der Waals surface area contributed by atoms with Crippen LogP contribution in [0.25, 0.3) is 11.1 Å². The molecule has 0 amide bonds. The summed E-state index contributed by atoms with van der Waals surface area (Å²) in [6, 6.07) is 23.8. The fourth-order valence-electron chi connectivity index (χ4n) is 6.53. The molecule has 0 spiro atoms. The van der Waals surface area contributed by atoms with Crippen LogP contribution in [0.1, 0.15) is 75.6 Å². The predicted octanol–water partition coefficient (Wildman–Crippen LogP) is 8.17. The van der Waals surface area contributed by atoms with Crippen LogP contribution >= 0.6 is 0 Å². The summed E-state index contributed by atoms with van der Waals surface area (Å²) in [5.74, 6) is 3.28. The van der Waals surface area contributed by atoms with E-state index in [2.05, 4.69) is 51.8 Å². The fraction of sp³-hybridized carbons (Fsp3) is 0.452. The molecule has 4 rings (SSSR count). The average molecular weight is 757 g/mol. The Morgan fingerprint density at radius 3 is 1.94 bits per heavy atom. The quantitative estimate of drug-likeness (QED) is 0.0893. The molecule has 0 aromatic heterocycles. The fourth-order valence-corrected chi connectivity index (χ4v) is 7.26. The summed E-state index contributed by atoms with van der Waals surface area (Å²) in [5.41, 5.74) is 5.09. The van der Waals surface area contributed by atoms with Crippen molar-refractivity contribution in [3.8, 4) is 40.2 Å². The summed E-state index contributed by atoms with van der Waals surface area (Å²) in [5, 5.41) is 10.2. The van der Waals surface area contributed by atoms with Gasteiger partial charge in [0.15, 0.2) is 23.0 Å². The Balaban J connectivity index is 0.000000412. The zero-order valence-electron chi connectivity index (χ0n) is 32.4. The SMILES string of the molecule is CCc1cc(S(=O)(=O)O)c2cc(C(C)C)cccc1-2.COc1ccc(CCN(C)CCCC(C#N)(c2ccc(OC)c(OC)c2)C(C)C)cc1OC.[NaH]. The van der Waals surface area contributed by atoms with Crippen molar-refractivity contribution in [1.29, 1.82) is 5.26 Å². The zero-order valence-corrected chi connectivity index (χ0v) is 33.3. The third-order valence-electron chi connectivity index (χ3n) is 9.82. The molecule has 0 heterocycles. The van der Waals surface area contributed by atoms with Crippen LogP contribution in [0.2, 0.25) is 0 Å². The number of aryl methyl sites for hydroxylation is 1. The molecule has 11 heteroatoms. The molecule has 1 atom stereocenters. The summed E-state index contributed by atoms with van der Waals surface area (Å²) in [6.45, 7) is 12.1. The molecular weight excluding hydrogens is 700 g/mol. The van der Waals surface area contributed by atoms with E-state index in [-0.39, 0.29) is 40.4 Å². The Hall–Kier alpha value is -3.30. The molecule has 0 saturated carbocycles. The number of benzene rings is 2. The first-order valence-electron chi connectivity index (χ1n) is 17.8. The van der Waals surface area contributed by atoms with E-state index < -0.39 is 15.5 Å². The first-order chi connectivity index (χ1) is 24.7. The molecule has 1 N–H and O–H groups in total. The van der Waals surface area contributed by atoms with Crippen molar-refractivity contribution in [2.45, 2.75) is 76.5 Å². The number of likely N-dealkylation sites (N-methyl/N-ethyl adjacent to an activating group) is 1. The summed E-state index contributed by atoms with van der Waals surface area (Å²) in [7, 11) is 4.48. The molecular formula is C42H57N2NaO7S. The van der Waals surface area contributed by atoms with Gasteiger partial charge < -0.3 is 23.8 Å². The molecule has 1 unspecified atom stereocenters. The van der Waals surface area contributed by atoms with Gasteiger partial charge in [0.05, 0.1) is 39.9 Å². The van der Waals surface area contributed by atoms with Gasteiger partial charge in [-0.25, -0.2) is 0 Å². The van der Waals surface area contributed by atoms with E-state index in [1.165, 1.54) is 5.56 Å². The van der Waals surface area contributed by atoms with Gasteiger partial charge in [-0.1, -0.05) is 65.0 Å². The standard InChI is InChI=1S/C27H38N2O4.C15H18O3S.Na.H/c1-20(2)27(19-28,22-10-12-24(31-5)26(18-22)33-7)14-8-15-29(3)16-13-21-9-11-23(30-4)25(17-21)32-6;1-4-11-9-15(19(16,17)18)14-8-12(10(2)3)6-5-7-13(11)14;;/h9-12,17-18,20H,8,13-16H2,1-7H3;5-10H,4H2,1-3H3,(H,16,17,18);;. The number of hydrogen-bond acceptors (Lipinski definition) is 8. The molecule has 2 aliphatic rings. The van der Waals surface area contributed by atoms with Crippen LogP contribution in [0.3, 0.4) is 0 Å². The van der Waals surface area contributed by atoms with Crippen LogP contribution in [-0.4, -0.2) is 96.0 Å². The summed E-state index contributed by atoms with van der Waals surface area (Å²) in [6.07, 6.45) is 3.34. The second-order valence-electron chi connectivity index (χ2n) is 13.7. The van der Waals surface area contributed by atoms with E-state index in [9.17, 15) is 18.2 Å². The van der Waals surface area contributed by atoms with Crippen LogP contribution in [0, 0.1) is 17.2 Å². The number of nitrogens with zero attached hydrogens (tertiary/aromatic N) is 2. The van der Waals surface area contributed by atoms with Crippen molar-refractivity contribution >= 4 is 39.7 Å². The van der Waals surface area contributed by atoms with E-state index in [1.54, 1.807) is 34.5 Å². The average Bonchev–Trinajstić information content (AvgIpc) is 3.34. The van der Waals surface area contributed by atoms with E-state index in [0.29, 0.717) is 23.0 Å². The molecule has 0 saturated heterocycles. The van der Waals surface area contributed by atoms with Crippen molar-refractivity contribution < 1.29 is 31.9 Å². The number of hydrogen-bond donors (Lipinski definition) is 1. The molecule has 0 bridgehead atoms. The van der Waals surface area contributed by atoms with Gasteiger partial charge in [-0.15, -0.1) is 0 Å². The minimum atomic E-state index is -4.19. The second-order valence-corrected chi connectivity index (χ2v) is 15.1. The van der Waals surface area contributed by atoms with Gasteiger partial charge in [-0.3, -0.25) is 4.55 Å². The van der Waals surface area contributed by atoms with Gasteiger partial charge in [-0.2, -0.15) is 13.7 Å².